The number of phenols is 1. The topological polar surface area (TPSA) is 86.6 Å². The van der Waals surface area contributed by atoms with E-state index in [4.69, 9.17) is 0 Å². The molecule has 6 heteroatoms. The first-order valence-electron chi connectivity index (χ1n) is 6.61. The lowest BCUT2D eigenvalue weighted by molar-refractivity contribution is -0.141. The van der Waals surface area contributed by atoms with Gasteiger partial charge < -0.3 is 15.5 Å². The van der Waals surface area contributed by atoms with E-state index in [0.29, 0.717) is 0 Å². The molecule has 1 aromatic rings. The minimum absolute atomic E-state index is 0.0486. The Balaban J connectivity index is 2.59. The summed E-state index contributed by atoms with van der Waals surface area (Å²) in [5.41, 5.74) is 0.740. The van der Waals surface area contributed by atoms with Crippen LogP contribution in [-0.4, -0.2) is 38.6 Å². The van der Waals surface area contributed by atoms with Crippen LogP contribution in [0.2, 0.25) is 0 Å². The third-order valence-electron chi connectivity index (χ3n) is 2.65. The lowest BCUT2D eigenvalue weighted by atomic mass is 10.1. The van der Waals surface area contributed by atoms with Crippen molar-refractivity contribution in [2.24, 2.45) is 0 Å². The molecule has 1 aromatic carbocycles. The van der Waals surface area contributed by atoms with Crippen LogP contribution < -0.4 is 5.32 Å². The Kier molecular flexibility index (Phi) is 6.08. The number of amides is 1. The highest BCUT2D eigenvalue weighted by Gasteiger charge is 2.21. The summed E-state index contributed by atoms with van der Waals surface area (Å²) in [7, 11) is 0. The molecule has 0 fully saturated rings. The highest BCUT2D eigenvalue weighted by molar-refractivity contribution is 8.01. The van der Waals surface area contributed by atoms with Crippen molar-refractivity contribution in [3.05, 3.63) is 29.8 Å². The molecule has 0 radical (unpaired) electrons. The van der Waals surface area contributed by atoms with Gasteiger partial charge in [-0.1, -0.05) is 32.9 Å². The monoisotopic (exact) mass is 311 g/mol. The zero-order valence-corrected chi connectivity index (χ0v) is 13.2. The van der Waals surface area contributed by atoms with Crippen molar-refractivity contribution >= 4 is 23.6 Å². The first-order chi connectivity index (χ1) is 9.67. The molecule has 0 aliphatic rings. The van der Waals surface area contributed by atoms with E-state index in [-0.39, 0.29) is 28.6 Å². The molecule has 5 nitrogen and oxygen atoms in total. The number of rotatable bonds is 6. The molecule has 0 saturated carbocycles. The fraction of sp³-hybridized carbons (Fsp3) is 0.467. The number of aliphatic carboxylic acids is 1. The smallest absolute Gasteiger partial charge is 0.326 e. The van der Waals surface area contributed by atoms with Crippen LogP contribution >= 0.6 is 11.8 Å². The van der Waals surface area contributed by atoms with Gasteiger partial charge in [0.2, 0.25) is 5.91 Å². The third-order valence-corrected chi connectivity index (χ3v) is 3.92. The van der Waals surface area contributed by atoms with Crippen molar-refractivity contribution < 1.29 is 19.8 Å². The zero-order chi connectivity index (χ0) is 16.0. The Hall–Kier alpha value is -1.69. The molecule has 21 heavy (non-hydrogen) atoms. The number of aromatic hydroxyl groups is 1. The van der Waals surface area contributed by atoms with Crippen LogP contribution in [0, 0.1) is 0 Å². The van der Waals surface area contributed by atoms with E-state index in [9.17, 15) is 19.8 Å². The summed E-state index contributed by atoms with van der Waals surface area (Å²) in [4.78, 5) is 23.1. The summed E-state index contributed by atoms with van der Waals surface area (Å²) < 4.78 is -0.0486. The summed E-state index contributed by atoms with van der Waals surface area (Å²) in [6.07, 6.45) is 0.182. The predicted octanol–water partition coefficient (Wildman–Crippen LogP) is 2.04. The molecular formula is C15H21NO4S. The molecule has 0 aromatic heterocycles. The molecule has 3 N–H and O–H groups in total. The standard InChI is InChI=1S/C15H21NO4S/c1-15(2,3)21-9-13(18)16-12(14(19)20)8-10-4-6-11(17)7-5-10/h4-7,12,17H,8-9H2,1-3H3,(H,16,18)(H,19,20). The number of carboxylic acids is 1. The second kappa shape index (κ2) is 7.36. The van der Waals surface area contributed by atoms with Crippen molar-refractivity contribution in [1.29, 1.82) is 0 Å². The second-order valence-corrected chi connectivity index (χ2v) is 7.53. The van der Waals surface area contributed by atoms with Gasteiger partial charge in [-0.2, -0.15) is 0 Å². The SMILES string of the molecule is CC(C)(C)SCC(=O)NC(Cc1ccc(O)cc1)C(=O)O. The van der Waals surface area contributed by atoms with Gasteiger partial charge in [0, 0.05) is 11.2 Å². The first-order valence-corrected chi connectivity index (χ1v) is 7.60. The molecule has 0 aliphatic carbocycles. The lowest BCUT2D eigenvalue weighted by Crippen LogP contribution is -2.43. The minimum Gasteiger partial charge on any atom is -0.508 e. The number of hydrogen-bond donors (Lipinski definition) is 3. The van der Waals surface area contributed by atoms with E-state index in [1.807, 2.05) is 20.8 Å². The normalized spacial score (nSPS) is 12.7. The van der Waals surface area contributed by atoms with Gasteiger partial charge in [0.1, 0.15) is 11.8 Å². The summed E-state index contributed by atoms with van der Waals surface area (Å²) in [5, 5.41) is 20.9. The van der Waals surface area contributed by atoms with Crippen molar-refractivity contribution in [1.82, 2.24) is 5.32 Å². The Labute approximate surface area is 128 Å². The minimum atomic E-state index is -1.07. The Morgan fingerprint density at radius 3 is 2.29 bits per heavy atom. The number of nitrogens with one attached hydrogen (secondary N) is 1. The Bertz CT molecular complexity index is 493. The number of benzene rings is 1. The molecule has 0 bridgehead atoms. The van der Waals surface area contributed by atoms with Crippen LogP contribution in [-0.2, 0) is 16.0 Å². The molecule has 116 valence electrons. The van der Waals surface area contributed by atoms with Crippen LogP contribution in [0.15, 0.2) is 24.3 Å². The van der Waals surface area contributed by atoms with Crippen molar-refractivity contribution in [2.75, 3.05) is 5.75 Å². The van der Waals surface area contributed by atoms with Gasteiger partial charge in [-0.25, -0.2) is 4.79 Å². The van der Waals surface area contributed by atoms with E-state index in [1.54, 1.807) is 12.1 Å². The quantitative estimate of drug-likeness (QED) is 0.748. The molecule has 1 amide bonds. The molecule has 0 aliphatic heterocycles. The van der Waals surface area contributed by atoms with Gasteiger partial charge in [-0.3, -0.25) is 4.79 Å². The summed E-state index contributed by atoms with van der Waals surface area (Å²) >= 11 is 1.47. The zero-order valence-electron chi connectivity index (χ0n) is 12.4. The molecule has 0 spiro atoms. The van der Waals surface area contributed by atoms with Crippen LogP contribution in [0.4, 0.5) is 0 Å². The fourth-order valence-corrected chi connectivity index (χ4v) is 2.23. The third kappa shape index (κ3) is 7.04. The van der Waals surface area contributed by atoms with Gasteiger partial charge in [0.15, 0.2) is 0 Å². The lowest BCUT2D eigenvalue weighted by Gasteiger charge is -2.19. The summed E-state index contributed by atoms with van der Waals surface area (Å²) in [5.74, 6) is -1.02. The van der Waals surface area contributed by atoms with Crippen LogP contribution in [0.25, 0.3) is 0 Å². The molecule has 1 unspecified atom stereocenters. The average Bonchev–Trinajstić information content (AvgIpc) is 2.37. The van der Waals surface area contributed by atoms with Crippen LogP contribution in [0.5, 0.6) is 5.75 Å². The number of thioether (sulfide) groups is 1. The van der Waals surface area contributed by atoms with Gasteiger partial charge in [-0.05, 0) is 17.7 Å². The molecule has 0 saturated heterocycles. The van der Waals surface area contributed by atoms with Crippen LogP contribution in [0.1, 0.15) is 26.3 Å². The number of carbonyl (C=O) groups excluding carboxylic acids is 1. The van der Waals surface area contributed by atoms with E-state index < -0.39 is 12.0 Å². The van der Waals surface area contributed by atoms with Gasteiger partial charge in [0.25, 0.3) is 0 Å². The van der Waals surface area contributed by atoms with Crippen LogP contribution in [0.3, 0.4) is 0 Å². The molecular weight excluding hydrogens is 290 g/mol. The summed E-state index contributed by atoms with van der Waals surface area (Å²) in [6, 6.07) is 5.29. The number of hydrogen-bond acceptors (Lipinski definition) is 4. The van der Waals surface area contributed by atoms with Crippen molar-refractivity contribution in [3.63, 3.8) is 0 Å². The predicted molar refractivity (Wildman–Crippen MR) is 83.6 cm³/mol. The summed E-state index contributed by atoms with van der Waals surface area (Å²) in [6.45, 7) is 5.99. The van der Waals surface area contributed by atoms with Gasteiger partial charge in [0.05, 0.1) is 5.75 Å². The van der Waals surface area contributed by atoms with Crippen molar-refractivity contribution in [2.45, 2.75) is 38.0 Å². The van der Waals surface area contributed by atoms with E-state index in [0.717, 1.165) is 5.56 Å². The molecule has 1 atom stereocenters. The number of carboxylic acid groups (broad SMARTS) is 1. The maximum atomic E-state index is 11.8. The number of carbonyl (C=O) groups is 2. The Morgan fingerprint density at radius 1 is 1.24 bits per heavy atom. The Morgan fingerprint density at radius 2 is 1.81 bits per heavy atom. The maximum Gasteiger partial charge on any atom is 0.326 e. The largest absolute Gasteiger partial charge is 0.508 e. The molecule has 0 heterocycles. The van der Waals surface area contributed by atoms with E-state index in [2.05, 4.69) is 5.32 Å². The van der Waals surface area contributed by atoms with Crippen molar-refractivity contribution in [3.8, 4) is 5.75 Å². The van der Waals surface area contributed by atoms with E-state index in [1.165, 1.54) is 23.9 Å². The maximum absolute atomic E-state index is 11.8. The average molecular weight is 311 g/mol. The fourth-order valence-electron chi connectivity index (χ4n) is 1.59. The molecule has 1 rings (SSSR count). The van der Waals surface area contributed by atoms with Gasteiger partial charge in [-0.15, -0.1) is 11.8 Å². The highest BCUT2D eigenvalue weighted by Crippen LogP contribution is 2.22. The van der Waals surface area contributed by atoms with Gasteiger partial charge >= 0.3 is 5.97 Å². The number of phenolic OH excluding ortho intramolecular Hbond substituents is 1. The first kappa shape index (κ1) is 17.4. The van der Waals surface area contributed by atoms with E-state index >= 15 is 0 Å². The second-order valence-electron chi connectivity index (χ2n) is 5.73. The highest BCUT2D eigenvalue weighted by atomic mass is 32.2.